The van der Waals surface area contributed by atoms with Crippen LogP contribution in [0.3, 0.4) is 0 Å². The summed E-state index contributed by atoms with van der Waals surface area (Å²) in [6.07, 6.45) is 2.07. The molecule has 0 atom stereocenters. The fraction of sp³-hybridized carbons (Fsp3) is 0.136. The summed E-state index contributed by atoms with van der Waals surface area (Å²) >= 11 is 4.66. The Balaban J connectivity index is 1.55. The van der Waals surface area contributed by atoms with Crippen molar-refractivity contribution in [3.8, 4) is 5.75 Å². The molecule has 30 heavy (non-hydrogen) atoms. The number of thiazole rings is 1. The molecular weight excluding hydrogens is 434 g/mol. The second kappa shape index (κ2) is 9.88. The molecule has 4 rings (SSSR count). The summed E-state index contributed by atoms with van der Waals surface area (Å²) in [5, 5.41) is 8.43. The van der Waals surface area contributed by atoms with E-state index >= 15 is 0 Å². The van der Waals surface area contributed by atoms with Crippen LogP contribution < -0.4 is 9.75 Å². The molecule has 152 valence electrons. The number of anilines is 1. The fourth-order valence-electron chi connectivity index (χ4n) is 2.69. The maximum Gasteiger partial charge on any atom is 0.250 e. The second-order valence-electron chi connectivity index (χ2n) is 6.21. The number of fused-ring (bicyclic) bond motifs is 1. The number of rotatable bonds is 8. The van der Waals surface area contributed by atoms with Crippen molar-refractivity contribution >= 4 is 61.9 Å². The van der Waals surface area contributed by atoms with E-state index in [1.54, 1.807) is 36.4 Å². The van der Waals surface area contributed by atoms with E-state index < -0.39 is 0 Å². The molecule has 8 heteroatoms. The van der Waals surface area contributed by atoms with Gasteiger partial charge in [0, 0.05) is 21.9 Å². The predicted octanol–water partition coefficient (Wildman–Crippen LogP) is 5.92. The fourth-order valence-corrected chi connectivity index (χ4v) is 5.10. The number of aromatic nitrogens is 1. The lowest BCUT2D eigenvalue weighted by Gasteiger charge is -2.13. The van der Waals surface area contributed by atoms with Gasteiger partial charge >= 0.3 is 0 Å². The van der Waals surface area contributed by atoms with Crippen molar-refractivity contribution in [2.45, 2.75) is 11.3 Å². The largest absolute Gasteiger partial charge is 0.497 e. The summed E-state index contributed by atoms with van der Waals surface area (Å²) in [5.41, 5.74) is 0.818. The Morgan fingerprint density at radius 1 is 1.20 bits per heavy atom. The molecule has 4 aromatic rings. The molecule has 0 saturated heterocycles. The van der Waals surface area contributed by atoms with Crippen molar-refractivity contribution in [1.29, 1.82) is 0 Å². The van der Waals surface area contributed by atoms with Gasteiger partial charge in [0.05, 0.1) is 23.5 Å². The van der Waals surface area contributed by atoms with Gasteiger partial charge in [-0.1, -0.05) is 35.6 Å². The number of hydrazone groups is 1. The van der Waals surface area contributed by atoms with Gasteiger partial charge in [0.1, 0.15) is 5.75 Å². The number of benzene rings is 2. The number of methoxy groups -OCH3 is 1. The molecule has 0 saturated carbocycles. The first-order valence-corrected chi connectivity index (χ1v) is 11.9. The zero-order valence-electron chi connectivity index (χ0n) is 16.2. The summed E-state index contributed by atoms with van der Waals surface area (Å²) in [5.74, 6) is 1.35. The molecule has 0 radical (unpaired) electrons. The molecule has 0 bridgehead atoms. The Labute approximate surface area is 187 Å². The van der Waals surface area contributed by atoms with E-state index in [0.717, 1.165) is 25.7 Å². The third-order valence-electron chi connectivity index (χ3n) is 4.17. The van der Waals surface area contributed by atoms with Crippen molar-refractivity contribution < 1.29 is 9.53 Å². The molecule has 1 amide bonds. The lowest BCUT2D eigenvalue weighted by Crippen LogP contribution is -2.25. The average Bonchev–Trinajstić information content (AvgIpc) is 3.44. The quantitative estimate of drug-likeness (QED) is 0.189. The van der Waals surface area contributed by atoms with Crippen molar-refractivity contribution in [1.82, 2.24) is 4.98 Å². The highest BCUT2D eigenvalue weighted by Gasteiger charge is 2.19. The lowest BCUT2D eigenvalue weighted by atomic mass is 10.3. The number of hydrogen-bond acceptors (Lipinski definition) is 7. The molecule has 0 spiro atoms. The molecule has 0 fully saturated rings. The SMILES string of the molecule is COc1ccc2nc(N(/N=C/c3cccs3)C(=O)CCSc3ccccc3)sc2c1. The zero-order chi connectivity index (χ0) is 20.8. The van der Waals surface area contributed by atoms with Crippen LogP contribution in [-0.4, -0.2) is 30.0 Å². The van der Waals surface area contributed by atoms with Gasteiger partial charge in [0.25, 0.3) is 0 Å². The summed E-state index contributed by atoms with van der Waals surface area (Å²) in [7, 11) is 1.63. The van der Waals surface area contributed by atoms with Gasteiger partial charge in [0.15, 0.2) is 0 Å². The van der Waals surface area contributed by atoms with Crippen LogP contribution in [0.5, 0.6) is 5.75 Å². The maximum absolute atomic E-state index is 13.0. The molecule has 0 N–H and O–H groups in total. The number of nitrogens with zero attached hydrogens (tertiary/aromatic N) is 3. The van der Waals surface area contributed by atoms with E-state index in [2.05, 4.69) is 10.1 Å². The molecule has 2 aromatic heterocycles. The van der Waals surface area contributed by atoms with Crippen LogP contribution in [0.4, 0.5) is 5.13 Å². The van der Waals surface area contributed by atoms with Crippen molar-refractivity contribution in [3.05, 3.63) is 70.9 Å². The minimum atomic E-state index is -0.0859. The number of carbonyl (C=O) groups is 1. The van der Waals surface area contributed by atoms with Crippen LogP contribution in [0.1, 0.15) is 11.3 Å². The van der Waals surface area contributed by atoms with Crippen LogP contribution in [0.2, 0.25) is 0 Å². The van der Waals surface area contributed by atoms with Gasteiger partial charge in [-0.25, -0.2) is 4.98 Å². The van der Waals surface area contributed by atoms with Crippen LogP contribution in [0, 0.1) is 0 Å². The number of amides is 1. The van der Waals surface area contributed by atoms with Gasteiger partial charge in [-0.05, 0) is 41.8 Å². The van der Waals surface area contributed by atoms with Gasteiger partial charge in [-0.15, -0.1) is 23.1 Å². The molecule has 0 unspecified atom stereocenters. The van der Waals surface area contributed by atoms with E-state index in [1.165, 1.54) is 16.3 Å². The molecule has 5 nitrogen and oxygen atoms in total. The van der Waals surface area contributed by atoms with E-state index in [4.69, 9.17) is 4.74 Å². The highest BCUT2D eigenvalue weighted by Crippen LogP contribution is 2.32. The number of thiophene rings is 1. The summed E-state index contributed by atoms with van der Waals surface area (Å²) < 4.78 is 6.25. The Kier molecular flexibility index (Phi) is 6.78. The van der Waals surface area contributed by atoms with Crippen LogP contribution in [0.15, 0.2) is 76.0 Å². The van der Waals surface area contributed by atoms with Crippen LogP contribution in [0.25, 0.3) is 10.2 Å². The first-order chi connectivity index (χ1) is 14.7. The number of thioether (sulfide) groups is 1. The first-order valence-electron chi connectivity index (χ1n) is 9.26. The average molecular weight is 454 g/mol. The van der Waals surface area contributed by atoms with E-state index in [0.29, 0.717) is 17.3 Å². The van der Waals surface area contributed by atoms with E-state index in [1.807, 2.05) is 66.0 Å². The Bertz CT molecular complexity index is 1140. The van der Waals surface area contributed by atoms with E-state index in [9.17, 15) is 4.79 Å². The number of ether oxygens (including phenoxy) is 1. The lowest BCUT2D eigenvalue weighted by molar-refractivity contribution is -0.118. The molecule has 0 aliphatic heterocycles. The molecule has 2 aromatic carbocycles. The first kappa shape index (κ1) is 20.6. The number of carbonyl (C=O) groups excluding carboxylic acids is 1. The van der Waals surface area contributed by atoms with E-state index in [-0.39, 0.29) is 5.91 Å². The third kappa shape index (κ3) is 5.08. The second-order valence-corrected chi connectivity index (χ2v) is 9.36. The highest BCUT2D eigenvalue weighted by molar-refractivity contribution is 7.99. The topological polar surface area (TPSA) is 54.8 Å². The van der Waals surface area contributed by atoms with Crippen molar-refractivity contribution in [2.75, 3.05) is 17.9 Å². The number of hydrogen-bond donors (Lipinski definition) is 0. The summed E-state index contributed by atoms with van der Waals surface area (Å²) in [6, 6.07) is 19.7. The van der Waals surface area contributed by atoms with Gasteiger partial charge in [-0.3, -0.25) is 4.79 Å². The van der Waals surface area contributed by atoms with Gasteiger partial charge < -0.3 is 4.74 Å². The standard InChI is InChI=1S/C22H19N3O2S3/c1-27-16-9-10-19-20(14-16)30-22(24-19)25(23-15-18-8-5-12-28-18)21(26)11-13-29-17-6-3-2-4-7-17/h2-10,12,14-15H,11,13H2,1H3/b23-15+. The third-order valence-corrected chi connectivity index (χ3v) is 6.99. The Hall–Kier alpha value is -2.68. The minimum absolute atomic E-state index is 0.0859. The molecule has 0 aliphatic carbocycles. The molecule has 0 aliphatic rings. The Morgan fingerprint density at radius 2 is 2.07 bits per heavy atom. The van der Waals surface area contributed by atoms with Crippen molar-refractivity contribution in [3.63, 3.8) is 0 Å². The zero-order valence-corrected chi connectivity index (χ0v) is 18.7. The molecule has 2 heterocycles. The van der Waals surface area contributed by atoms with Gasteiger partial charge in [0.2, 0.25) is 11.0 Å². The predicted molar refractivity (Wildman–Crippen MR) is 127 cm³/mol. The van der Waals surface area contributed by atoms with Gasteiger partial charge in [-0.2, -0.15) is 10.1 Å². The summed E-state index contributed by atoms with van der Waals surface area (Å²) in [4.78, 5) is 19.8. The monoisotopic (exact) mass is 453 g/mol. The summed E-state index contributed by atoms with van der Waals surface area (Å²) in [6.45, 7) is 0. The van der Waals surface area contributed by atoms with Crippen LogP contribution in [-0.2, 0) is 4.79 Å². The smallest absolute Gasteiger partial charge is 0.250 e. The van der Waals surface area contributed by atoms with Crippen LogP contribution >= 0.6 is 34.4 Å². The highest BCUT2D eigenvalue weighted by atomic mass is 32.2. The maximum atomic E-state index is 13.0. The Morgan fingerprint density at radius 3 is 2.83 bits per heavy atom. The van der Waals surface area contributed by atoms with Crippen molar-refractivity contribution in [2.24, 2.45) is 5.10 Å². The normalized spacial score (nSPS) is 11.2. The molecular formula is C22H19N3O2S3. The minimum Gasteiger partial charge on any atom is -0.497 e.